The van der Waals surface area contributed by atoms with Gasteiger partial charge in [-0.2, -0.15) is 0 Å². The highest BCUT2D eigenvalue weighted by Crippen LogP contribution is 2.31. The standard InChI is InChI=1S/C15H16N4O3S/c1-10-8-13(22-19-10)11-9-17-15(16-5-7-23(2)20)18-14(11)12-4-3-6-21-12/h3-4,6,8-9H,5,7H2,1-2H3,(H,16,17,18). The van der Waals surface area contributed by atoms with E-state index in [2.05, 4.69) is 20.4 Å². The zero-order valence-electron chi connectivity index (χ0n) is 12.8. The van der Waals surface area contributed by atoms with Crippen LogP contribution < -0.4 is 5.32 Å². The number of nitrogens with zero attached hydrogens (tertiary/aromatic N) is 3. The molecule has 1 atom stereocenters. The minimum Gasteiger partial charge on any atom is -0.463 e. The first-order chi connectivity index (χ1) is 11.1. The summed E-state index contributed by atoms with van der Waals surface area (Å²) < 4.78 is 21.9. The third kappa shape index (κ3) is 3.65. The summed E-state index contributed by atoms with van der Waals surface area (Å²) in [6.07, 6.45) is 4.91. The van der Waals surface area contributed by atoms with E-state index in [9.17, 15) is 4.21 Å². The van der Waals surface area contributed by atoms with Crippen LogP contribution in [0, 0.1) is 6.92 Å². The quantitative estimate of drug-likeness (QED) is 0.741. The van der Waals surface area contributed by atoms with Crippen LogP contribution in [0.5, 0.6) is 0 Å². The van der Waals surface area contributed by atoms with Gasteiger partial charge in [0.15, 0.2) is 11.5 Å². The van der Waals surface area contributed by atoms with Crippen molar-refractivity contribution in [1.82, 2.24) is 15.1 Å². The molecule has 0 aliphatic heterocycles. The van der Waals surface area contributed by atoms with E-state index in [1.54, 1.807) is 24.8 Å². The topological polar surface area (TPSA) is 94.1 Å². The Balaban J connectivity index is 1.95. The number of aromatic nitrogens is 3. The van der Waals surface area contributed by atoms with Gasteiger partial charge in [-0.3, -0.25) is 4.21 Å². The zero-order chi connectivity index (χ0) is 16.2. The van der Waals surface area contributed by atoms with E-state index in [0.717, 1.165) is 5.69 Å². The summed E-state index contributed by atoms with van der Waals surface area (Å²) in [6, 6.07) is 5.43. The fourth-order valence-corrected chi connectivity index (χ4v) is 2.44. The summed E-state index contributed by atoms with van der Waals surface area (Å²) in [4.78, 5) is 8.78. The van der Waals surface area contributed by atoms with Gasteiger partial charge in [-0.1, -0.05) is 5.16 Å². The summed E-state index contributed by atoms with van der Waals surface area (Å²) in [5, 5.41) is 6.96. The van der Waals surface area contributed by atoms with Crippen molar-refractivity contribution in [3.8, 4) is 22.8 Å². The predicted octanol–water partition coefficient (Wildman–Crippen LogP) is 2.49. The molecule has 0 amide bonds. The highest BCUT2D eigenvalue weighted by Gasteiger charge is 2.17. The van der Waals surface area contributed by atoms with Crippen LogP contribution in [0.4, 0.5) is 5.95 Å². The van der Waals surface area contributed by atoms with Crippen LogP contribution in [0.2, 0.25) is 0 Å². The third-order valence-electron chi connectivity index (χ3n) is 3.11. The molecule has 3 aromatic heterocycles. The van der Waals surface area contributed by atoms with E-state index in [1.807, 2.05) is 19.1 Å². The lowest BCUT2D eigenvalue weighted by atomic mass is 10.1. The molecule has 3 rings (SSSR count). The average Bonchev–Trinajstić information content (AvgIpc) is 3.18. The molecular weight excluding hydrogens is 316 g/mol. The molecule has 0 saturated carbocycles. The van der Waals surface area contributed by atoms with Gasteiger partial charge in [-0.05, 0) is 19.1 Å². The van der Waals surface area contributed by atoms with E-state index in [1.165, 1.54) is 0 Å². The Morgan fingerprint density at radius 1 is 1.35 bits per heavy atom. The highest BCUT2D eigenvalue weighted by atomic mass is 32.2. The average molecular weight is 332 g/mol. The van der Waals surface area contributed by atoms with Gasteiger partial charge >= 0.3 is 0 Å². The van der Waals surface area contributed by atoms with Crippen LogP contribution in [0.3, 0.4) is 0 Å². The highest BCUT2D eigenvalue weighted by molar-refractivity contribution is 7.84. The molecule has 0 spiro atoms. The Kier molecular flexibility index (Phi) is 4.52. The Hall–Kier alpha value is -2.48. The summed E-state index contributed by atoms with van der Waals surface area (Å²) in [7, 11) is -0.865. The normalized spacial score (nSPS) is 12.3. The smallest absolute Gasteiger partial charge is 0.223 e. The van der Waals surface area contributed by atoms with Gasteiger partial charge < -0.3 is 14.3 Å². The van der Waals surface area contributed by atoms with E-state index < -0.39 is 10.8 Å². The molecule has 120 valence electrons. The van der Waals surface area contributed by atoms with Crippen molar-refractivity contribution >= 4 is 16.7 Å². The number of hydrogen-bond donors (Lipinski definition) is 1. The van der Waals surface area contributed by atoms with Gasteiger partial charge in [-0.15, -0.1) is 0 Å². The van der Waals surface area contributed by atoms with Crippen molar-refractivity contribution in [3.63, 3.8) is 0 Å². The van der Waals surface area contributed by atoms with Crippen LogP contribution in [-0.4, -0.2) is 37.9 Å². The van der Waals surface area contributed by atoms with Gasteiger partial charge in [0, 0.05) is 41.6 Å². The van der Waals surface area contributed by atoms with Gasteiger partial charge in [0.25, 0.3) is 0 Å². The summed E-state index contributed by atoms with van der Waals surface area (Å²) in [5.74, 6) is 2.16. The van der Waals surface area contributed by atoms with Crippen molar-refractivity contribution in [2.24, 2.45) is 0 Å². The van der Waals surface area contributed by atoms with E-state index in [0.29, 0.717) is 41.0 Å². The minimum absolute atomic E-state index is 0.446. The van der Waals surface area contributed by atoms with Crippen molar-refractivity contribution in [2.75, 3.05) is 23.9 Å². The fraction of sp³-hybridized carbons (Fsp3) is 0.267. The second kappa shape index (κ2) is 6.74. The molecule has 8 heteroatoms. The van der Waals surface area contributed by atoms with Crippen LogP contribution in [0.15, 0.2) is 39.6 Å². The second-order valence-electron chi connectivity index (χ2n) is 4.97. The van der Waals surface area contributed by atoms with Crippen LogP contribution in [-0.2, 0) is 10.8 Å². The van der Waals surface area contributed by atoms with Crippen LogP contribution in [0.1, 0.15) is 5.69 Å². The fourth-order valence-electron chi connectivity index (χ4n) is 2.05. The Morgan fingerprint density at radius 2 is 2.22 bits per heavy atom. The van der Waals surface area contributed by atoms with Crippen LogP contribution in [0.25, 0.3) is 22.8 Å². The lowest BCUT2D eigenvalue weighted by Gasteiger charge is -2.07. The maximum Gasteiger partial charge on any atom is 0.223 e. The molecule has 1 unspecified atom stereocenters. The number of aryl methyl sites for hydroxylation is 1. The van der Waals surface area contributed by atoms with Crippen molar-refractivity contribution < 1.29 is 13.1 Å². The monoisotopic (exact) mass is 332 g/mol. The maximum absolute atomic E-state index is 11.1. The number of anilines is 1. The van der Waals surface area contributed by atoms with E-state index >= 15 is 0 Å². The molecular formula is C15H16N4O3S. The first-order valence-electron chi connectivity index (χ1n) is 7.02. The molecule has 0 aliphatic rings. The molecule has 0 fully saturated rings. The molecule has 1 N–H and O–H groups in total. The lowest BCUT2D eigenvalue weighted by Crippen LogP contribution is -2.12. The van der Waals surface area contributed by atoms with Gasteiger partial charge in [0.05, 0.1) is 17.5 Å². The van der Waals surface area contributed by atoms with Gasteiger partial charge in [0.2, 0.25) is 5.95 Å². The largest absolute Gasteiger partial charge is 0.463 e. The summed E-state index contributed by atoms with van der Waals surface area (Å²) in [6.45, 7) is 2.38. The van der Waals surface area contributed by atoms with Crippen molar-refractivity contribution in [3.05, 3.63) is 36.4 Å². The molecule has 0 aromatic carbocycles. The molecule has 7 nitrogen and oxygen atoms in total. The minimum atomic E-state index is -0.865. The summed E-state index contributed by atoms with van der Waals surface area (Å²) >= 11 is 0. The molecule has 0 bridgehead atoms. The number of furan rings is 1. The second-order valence-corrected chi connectivity index (χ2v) is 6.52. The Bertz CT molecular complexity index is 814. The van der Waals surface area contributed by atoms with E-state index in [4.69, 9.17) is 8.94 Å². The SMILES string of the molecule is Cc1cc(-c2cnc(NCCS(C)=O)nc2-c2ccco2)on1. The molecule has 0 aliphatic carbocycles. The molecule has 23 heavy (non-hydrogen) atoms. The van der Waals surface area contributed by atoms with Crippen molar-refractivity contribution in [2.45, 2.75) is 6.92 Å². The first-order valence-corrected chi connectivity index (χ1v) is 8.74. The number of hydrogen-bond acceptors (Lipinski definition) is 7. The Labute approximate surface area is 135 Å². The van der Waals surface area contributed by atoms with Crippen LogP contribution >= 0.6 is 0 Å². The lowest BCUT2D eigenvalue weighted by molar-refractivity contribution is 0.427. The maximum atomic E-state index is 11.1. The third-order valence-corrected chi connectivity index (χ3v) is 3.89. The molecule has 0 radical (unpaired) electrons. The molecule has 0 saturated heterocycles. The number of rotatable bonds is 6. The number of nitrogens with one attached hydrogen (secondary N) is 1. The zero-order valence-corrected chi connectivity index (χ0v) is 13.6. The predicted molar refractivity (Wildman–Crippen MR) is 87.4 cm³/mol. The van der Waals surface area contributed by atoms with Gasteiger partial charge in [-0.25, -0.2) is 9.97 Å². The van der Waals surface area contributed by atoms with Crippen molar-refractivity contribution in [1.29, 1.82) is 0 Å². The summed E-state index contributed by atoms with van der Waals surface area (Å²) in [5.41, 5.74) is 2.09. The van der Waals surface area contributed by atoms with E-state index in [-0.39, 0.29) is 0 Å². The van der Waals surface area contributed by atoms with Gasteiger partial charge in [0.1, 0.15) is 5.69 Å². The molecule has 3 aromatic rings. The molecule has 3 heterocycles. The first kappa shape index (κ1) is 15.4. The Morgan fingerprint density at radius 3 is 2.87 bits per heavy atom.